The Morgan fingerprint density at radius 3 is 2.74 bits per heavy atom. The van der Waals surface area contributed by atoms with Gasteiger partial charge in [0.25, 0.3) is 5.69 Å². The van der Waals surface area contributed by atoms with Crippen molar-refractivity contribution in [2.45, 2.75) is 0 Å². The number of hydrogen-bond acceptors (Lipinski definition) is 5. The Morgan fingerprint density at radius 2 is 2.26 bits per heavy atom. The average Bonchev–Trinajstić information content (AvgIpc) is 2.37. The predicted molar refractivity (Wildman–Crippen MR) is 70.1 cm³/mol. The number of aliphatic imine (C=N–C) groups is 1. The molecule has 1 aromatic carbocycles. The van der Waals surface area contributed by atoms with Crippen LogP contribution in [0.1, 0.15) is 0 Å². The number of benzene rings is 1. The van der Waals surface area contributed by atoms with Gasteiger partial charge in [0.15, 0.2) is 28.7 Å². The Morgan fingerprint density at radius 1 is 1.63 bits per heavy atom. The van der Waals surface area contributed by atoms with Crippen LogP contribution in [0.4, 0.5) is 20.2 Å². The molecule has 0 atom stereocenters. The maximum Gasteiger partial charge on any atom is 0.299 e. The molecule has 0 aliphatic rings. The van der Waals surface area contributed by atoms with Crippen LogP contribution in [0.5, 0.6) is 0 Å². The summed E-state index contributed by atoms with van der Waals surface area (Å²) >= 11 is 3.59. The maximum absolute atomic E-state index is 13.7. The number of halogens is 3. The molecule has 0 fully saturated rings. The number of nitro groups is 1. The molecular weight excluding hydrogens is 346 g/mol. The SMILES string of the molecule is CSC(=Nc1c([N+](=O)[O-])cc(Br)c(F)c1F)NC#N. The molecule has 0 aliphatic carbocycles. The molecule has 1 aromatic rings. The third kappa shape index (κ3) is 3.39. The third-order valence-electron chi connectivity index (χ3n) is 1.88. The van der Waals surface area contributed by atoms with Gasteiger partial charge in [-0.3, -0.25) is 15.4 Å². The van der Waals surface area contributed by atoms with Gasteiger partial charge < -0.3 is 0 Å². The van der Waals surface area contributed by atoms with Gasteiger partial charge in [-0.15, -0.1) is 0 Å². The number of nitro benzene ring substituents is 1. The molecular formula is C9H5BrF2N4O2S. The molecule has 6 nitrogen and oxygen atoms in total. The largest absolute Gasteiger partial charge is 0.299 e. The van der Waals surface area contributed by atoms with Gasteiger partial charge in [-0.25, -0.2) is 13.8 Å². The van der Waals surface area contributed by atoms with Gasteiger partial charge in [-0.2, -0.15) is 5.26 Å². The van der Waals surface area contributed by atoms with Crippen molar-refractivity contribution in [1.82, 2.24) is 5.32 Å². The van der Waals surface area contributed by atoms with Crippen molar-refractivity contribution in [2.75, 3.05) is 6.26 Å². The van der Waals surface area contributed by atoms with Crippen LogP contribution < -0.4 is 5.32 Å². The number of rotatable bonds is 2. The van der Waals surface area contributed by atoms with Crippen molar-refractivity contribution in [3.63, 3.8) is 0 Å². The Hall–Kier alpha value is -1.73. The minimum atomic E-state index is -1.47. The lowest BCUT2D eigenvalue weighted by molar-refractivity contribution is -0.384. The summed E-state index contributed by atoms with van der Waals surface area (Å²) in [7, 11) is 0. The van der Waals surface area contributed by atoms with E-state index in [-0.39, 0.29) is 9.64 Å². The Bertz CT molecular complexity index is 603. The lowest BCUT2D eigenvalue weighted by atomic mass is 10.2. The summed E-state index contributed by atoms with van der Waals surface area (Å²) in [5, 5.41) is 21.2. The summed E-state index contributed by atoms with van der Waals surface area (Å²) in [6.45, 7) is 0. The van der Waals surface area contributed by atoms with Crippen molar-refractivity contribution in [3.8, 4) is 6.19 Å². The molecule has 0 saturated heterocycles. The topological polar surface area (TPSA) is 91.3 Å². The van der Waals surface area contributed by atoms with Crippen LogP contribution in [0.15, 0.2) is 15.5 Å². The number of amidine groups is 1. The van der Waals surface area contributed by atoms with E-state index in [1.54, 1.807) is 0 Å². The van der Waals surface area contributed by atoms with Gasteiger partial charge in [-0.1, -0.05) is 11.8 Å². The normalized spacial score (nSPS) is 11.0. The Labute approximate surface area is 118 Å². The summed E-state index contributed by atoms with van der Waals surface area (Å²) in [5.41, 5.74) is -1.49. The van der Waals surface area contributed by atoms with Crippen molar-refractivity contribution in [2.24, 2.45) is 4.99 Å². The first kappa shape index (κ1) is 15.3. The first-order chi connectivity index (χ1) is 8.92. The van der Waals surface area contributed by atoms with Crippen molar-refractivity contribution in [3.05, 3.63) is 32.3 Å². The minimum absolute atomic E-state index is 0.0915. The highest BCUT2D eigenvalue weighted by Crippen LogP contribution is 2.36. The fraction of sp³-hybridized carbons (Fsp3) is 0.111. The second-order valence-corrected chi connectivity index (χ2v) is 4.62. The zero-order chi connectivity index (χ0) is 14.6. The van der Waals surface area contributed by atoms with Crippen LogP contribution in [0.3, 0.4) is 0 Å². The Balaban J connectivity index is 3.53. The number of nitrogens with zero attached hydrogens (tertiary/aromatic N) is 3. The lowest BCUT2D eigenvalue weighted by Crippen LogP contribution is -2.13. The van der Waals surface area contributed by atoms with E-state index in [1.807, 2.05) is 0 Å². The molecule has 0 aliphatic heterocycles. The molecule has 0 radical (unpaired) electrons. The monoisotopic (exact) mass is 350 g/mol. The van der Waals surface area contributed by atoms with E-state index in [4.69, 9.17) is 5.26 Å². The van der Waals surface area contributed by atoms with Gasteiger partial charge in [0.1, 0.15) is 0 Å². The van der Waals surface area contributed by atoms with Crippen LogP contribution in [0, 0.1) is 33.2 Å². The van der Waals surface area contributed by atoms with E-state index >= 15 is 0 Å². The summed E-state index contributed by atoms with van der Waals surface area (Å²) in [6, 6.07) is 0.807. The van der Waals surface area contributed by atoms with Crippen LogP contribution in [-0.2, 0) is 0 Å². The maximum atomic E-state index is 13.7. The van der Waals surface area contributed by atoms with E-state index in [2.05, 4.69) is 26.2 Å². The van der Waals surface area contributed by atoms with Gasteiger partial charge >= 0.3 is 0 Å². The number of hydrogen-bond donors (Lipinski definition) is 1. The summed E-state index contributed by atoms with van der Waals surface area (Å²) in [4.78, 5) is 13.5. The lowest BCUT2D eigenvalue weighted by Gasteiger charge is -2.04. The standard InChI is InChI=1S/C9H5BrF2N4O2S/c1-19-9(14-3-13)15-8-5(16(17)18)2-4(10)6(11)7(8)12/h2H,1H3,(H,14,15). The van der Waals surface area contributed by atoms with E-state index in [9.17, 15) is 18.9 Å². The van der Waals surface area contributed by atoms with Crippen molar-refractivity contribution < 1.29 is 13.7 Å². The van der Waals surface area contributed by atoms with E-state index in [0.29, 0.717) is 0 Å². The van der Waals surface area contributed by atoms with E-state index in [0.717, 1.165) is 17.8 Å². The van der Waals surface area contributed by atoms with E-state index in [1.165, 1.54) is 12.4 Å². The van der Waals surface area contributed by atoms with Crippen LogP contribution in [0.2, 0.25) is 0 Å². The highest BCUT2D eigenvalue weighted by Gasteiger charge is 2.25. The minimum Gasteiger partial charge on any atom is -0.271 e. The molecule has 1 N–H and O–H groups in total. The first-order valence-electron chi connectivity index (χ1n) is 4.52. The second kappa shape index (κ2) is 6.44. The molecule has 0 amide bonds. The van der Waals surface area contributed by atoms with Gasteiger partial charge in [0.2, 0.25) is 0 Å². The van der Waals surface area contributed by atoms with Gasteiger partial charge in [0, 0.05) is 6.07 Å². The molecule has 0 aromatic heterocycles. The third-order valence-corrected chi connectivity index (χ3v) is 3.04. The molecule has 0 heterocycles. The molecule has 0 spiro atoms. The fourth-order valence-corrected chi connectivity index (χ4v) is 1.81. The first-order valence-corrected chi connectivity index (χ1v) is 6.53. The zero-order valence-electron chi connectivity index (χ0n) is 9.28. The quantitative estimate of drug-likeness (QED) is 0.168. The number of thioether (sulfide) groups is 1. The predicted octanol–water partition coefficient (Wildman–Crippen LogP) is 3.06. The average molecular weight is 351 g/mol. The summed E-state index contributed by atoms with van der Waals surface area (Å²) < 4.78 is 26.7. The van der Waals surface area contributed by atoms with Crippen molar-refractivity contribution in [1.29, 1.82) is 5.26 Å². The fourth-order valence-electron chi connectivity index (χ4n) is 1.09. The van der Waals surface area contributed by atoms with Crippen molar-refractivity contribution >= 4 is 44.2 Å². The van der Waals surface area contributed by atoms with Gasteiger partial charge in [-0.05, 0) is 22.2 Å². The van der Waals surface area contributed by atoms with Crippen LogP contribution >= 0.6 is 27.7 Å². The van der Waals surface area contributed by atoms with Crippen LogP contribution in [0.25, 0.3) is 0 Å². The molecule has 10 heteroatoms. The smallest absolute Gasteiger partial charge is 0.271 e. The summed E-state index contributed by atoms with van der Waals surface area (Å²) in [6.07, 6.45) is 3.05. The highest BCUT2D eigenvalue weighted by atomic mass is 79.9. The van der Waals surface area contributed by atoms with Gasteiger partial charge in [0.05, 0.1) is 9.40 Å². The van der Waals surface area contributed by atoms with E-state index < -0.39 is 27.9 Å². The van der Waals surface area contributed by atoms with Crippen LogP contribution in [-0.4, -0.2) is 16.3 Å². The Kier molecular flexibility index (Phi) is 5.20. The molecule has 100 valence electrons. The zero-order valence-corrected chi connectivity index (χ0v) is 11.7. The molecule has 0 bridgehead atoms. The second-order valence-electron chi connectivity index (χ2n) is 2.97. The molecule has 19 heavy (non-hydrogen) atoms. The highest BCUT2D eigenvalue weighted by molar-refractivity contribution is 9.10. The summed E-state index contributed by atoms with van der Waals surface area (Å²) in [5.74, 6) is -2.76. The number of nitrogens with one attached hydrogen (secondary N) is 1. The molecule has 0 unspecified atom stereocenters. The molecule has 1 rings (SSSR count). The number of nitriles is 1. The molecule has 0 saturated carbocycles.